The van der Waals surface area contributed by atoms with E-state index >= 15 is 0 Å². The minimum Gasteiger partial charge on any atom is -0.372 e. The number of hydrogen-bond donors (Lipinski definition) is 1. The minimum absolute atomic E-state index is 1.06. The van der Waals surface area contributed by atoms with Crippen LogP contribution >= 0.6 is 0 Å². The van der Waals surface area contributed by atoms with Crippen molar-refractivity contribution in [2.24, 2.45) is 0 Å². The maximum atomic E-state index is 3.41. The van der Waals surface area contributed by atoms with Crippen LogP contribution in [0.2, 0.25) is 0 Å². The van der Waals surface area contributed by atoms with Gasteiger partial charge in [-0.2, -0.15) is 0 Å². The van der Waals surface area contributed by atoms with Crippen molar-refractivity contribution in [2.75, 3.05) is 44.2 Å². The van der Waals surface area contributed by atoms with E-state index in [0.717, 1.165) is 32.7 Å². The normalized spacial score (nSPS) is 16.0. The van der Waals surface area contributed by atoms with E-state index in [9.17, 15) is 0 Å². The average molecular weight is 303 g/mol. The van der Waals surface area contributed by atoms with E-state index < -0.39 is 0 Å². The highest BCUT2D eigenvalue weighted by Crippen LogP contribution is 2.20. The lowest BCUT2D eigenvalue weighted by Gasteiger charge is -2.24. The zero-order chi connectivity index (χ0) is 15.6. The summed E-state index contributed by atoms with van der Waals surface area (Å²) in [7, 11) is 0. The number of likely N-dealkylation sites (N-methyl/N-ethyl adjacent to an activating group) is 2. The van der Waals surface area contributed by atoms with Crippen molar-refractivity contribution < 1.29 is 0 Å². The van der Waals surface area contributed by atoms with Crippen LogP contribution in [-0.2, 0) is 6.54 Å². The Morgan fingerprint density at radius 3 is 2.27 bits per heavy atom. The van der Waals surface area contributed by atoms with E-state index in [4.69, 9.17) is 0 Å². The summed E-state index contributed by atoms with van der Waals surface area (Å²) in [6.07, 6.45) is 5.48. The lowest BCUT2D eigenvalue weighted by atomic mass is 10.1. The van der Waals surface area contributed by atoms with Crippen LogP contribution in [0.5, 0.6) is 0 Å². The molecule has 1 aromatic rings. The fourth-order valence-electron chi connectivity index (χ4n) is 3.16. The summed E-state index contributed by atoms with van der Waals surface area (Å²) in [5, 5.41) is 3.41. The summed E-state index contributed by atoms with van der Waals surface area (Å²) in [5.41, 5.74) is 2.83. The zero-order valence-corrected chi connectivity index (χ0v) is 14.5. The minimum atomic E-state index is 1.06. The van der Waals surface area contributed by atoms with Gasteiger partial charge >= 0.3 is 0 Å². The standard InChI is InChI=1S/C19H33N3/c1-3-20-13-16-21(4-2)17-18-9-11-19(12-10-18)22-14-7-5-6-8-15-22/h9-12,20H,3-8,13-17H2,1-2H3. The lowest BCUT2D eigenvalue weighted by molar-refractivity contribution is 0.280. The molecule has 1 aromatic carbocycles. The molecule has 22 heavy (non-hydrogen) atoms. The first-order valence-electron chi connectivity index (χ1n) is 9.10. The number of nitrogens with zero attached hydrogens (tertiary/aromatic N) is 2. The smallest absolute Gasteiger partial charge is 0.0366 e. The number of nitrogens with one attached hydrogen (secondary N) is 1. The third kappa shape index (κ3) is 5.62. The van der Waals surface area contributed by atoms with Crippen molar-refractivity contribution in [1.82, 2.24) is 10.2 Å². The molecule has 0 amide bonds. The van der Waals surface area contributed by atoms with Gasteiger partial charge in [-0.15, -0.1) is 0 Å². The van der Waals surface area contributed by atoms with Crippen LogP contribution < -0.4 is 10.2 Å². The third-order valence-corrected chi connectivity index (χ3v) is 4.62. The first-order valence-corrected chi connectivity index (χ1v) is 9.10. The molecule has 0 aromatic heterocycles. The van der Waals surface area contributed by atoms with Crippen molar-refractivity contribution in [3.05, 3.63) is 29.8 Å². The van der Waals surface area contributed by atoms with Gasteiger partial charge in [0.2, 0.25) is 0 Å². The van der Waals surface area contributed by atoms with E-state index in [0.29, 0.717) is 0 Å². The first kappa shape index (κ1) is 17.3. The van der Waals surface area contributed by atoms with Crippen molar-refractivity contribution >= 4 is 5.69 Å². The molecule has 0 spiro atoms. The Morgan fingerprint density at radius 1 is 1.00 bits per heavy atom. The molecule has 1 aliphatic rings. The van der Waals surface area contributed by atoms with Gasteiger partial charge in [-0.1, -0.05) is 38.8 Å². The number of anilines is 1. The van der Waals surface area contributed by atoms with Gasteiger partial charge in [0.25, 0.3) is 0 Å². The fourth-order valence-corrected chi connectivity index (χ4v) is 3.16. The second-order valence-corrected chi connectivity index (χ2v) is 6.29. The Balaban J connectivity index is 1.87. The molecular weight excluding hydrogens is 270 g/mol. The Morgan fingerprint density at radius 2 is 1.68 bits per heavy atom. The van der Waals surface area contributed by atoms with E-state index in [1.54, 1.807) is 0 Å². The molecule has 3 heteroatoms. The summed E-state index contributed by atoms with van der Waals surface area (Å²) >= 11 is 0. The van der Waals surface area contributed by atoms with Gasteiger partial charge < -0.3 is 10.2 Å². The van der Waals surface area contributed by atoms with Crippen LogP contribution in [-0.4, -0.2) is 44.2 Å². The highest BCUT2D eigenvalue weighted by atomic mass is 15.1. The zero-order valence-electron chi connectivity index (χ0n) is 14.5. The van der Waals surface area contributed by atoms with E-state index in [1.165, 1.54) is 50.0 Å². The molecule has 2 rings (SSSR count). The van der Waals surface area contributed by atoms with Gasteiger partial charge in [-0.25, -0.2) is 0 Å². The Kier molecular flexibility index (Phi) is 7.75. The predicted molar refractivity (Wildman–Crippen MR) is 96.6 cm³/mol. The quantitative estimate of drug-likeness (QED) is 0.742. The van der Waals surface area contributed by atoms with Gasteiger partial charge in [0.15, 0.2) is 0 Å². The molecule has 124 valence electrons. The van der Waals surface area contributed by atoms with Crippen molar-refractivity contribution in [3.63, 3.8) is 0 Å². The molecule has 0 radical (unpaired) electrons. The maximum Gasteiger partial charge on any atom is 0.0366 e. The SMILES string of the molecule is CCNCCN(CC)Cc1ccc(N2CCCCCC2)cc1. The summed E-state index contributed by atoms with van der Waals surface area (Å²) in [6, 6.07) is 9.27. The number of benzene rings is 1. The molecular formula is C19H33N3. The Hall–Kier alpha value is -1.06. The van der Waals surface area contributed by atoms with E-state index in [1.807, 2.05) is 0 Å². The highest BCUT2D eigenvalue weighted by molar-refractivity contribution is 5.47. The summed E-state index contributed by atoms with van der Waals surface area (Å²) in [6.45, 7) is 12.3. The van der Waals surface area contributed by atoms with Crippen LogP contribution in [0.25, 0.3) is 0 Å². The van der Waals surface area contributed by atoms with Crippen LogP contribution in [0, 0.1) is 0 Å². The average Bonchev–Trinajstić information content (AvgIpc) is 2.84. The summed E-state index contributed by atoms with van der Waals surface area (Å²) < 4.78 is 0. The summed E-state index contributed by atoms with van der Waals surface area (Å²) in [4.78, 5) is 5.06. The predicted octanol–water partition coefficient (Wildman–Crippen LogP) is 3.50. The van der Waals surface area contributed by atoms with Crippen molar-refractivity contribution in [2.45, 2.75) is 46.1 Å². The van der Waals surface area contributed by atoms with Crippen molar-refractivity contribution in [3.8, 4) is 0 Å². The van der Waals surface area contributed by atoms with Crippen LogP contribution in [0.15, 0.2) is 24.3 Å². The Bertz CT molecular complexity index is 394. The molecule has 0 aliphatic carbocycles. The summed E-state index contributed by atoms with van der Waals surface area (Å²) in [5.74, 6) is 0. The molecule has 0 unspecified atom stereocenters. The monoisotopic (exact) mass is 303 g/mol. The second-order valence-electron chi connectivity index (χ2n) is 6.29. The molecule has 0 saturated carbocycles. The number of hydrogen-bond acceptors (Lipinski definition) is 3. The van der Waals surface area contributed by atoms with Crippen molar-refractivity contribution in [1.29, 1.82) is 0 Å². The Labute approximate surface area is 136 Å². The molecule has 1 heterocycles. The number of rotatable bonds is 8. The van der Waals surface area contributed by atoms with E-state index in [-0.39, 0.29) is 0 Å². The lowest BCUT2D eigenvalue weighted by Crippen LogP contribution is -2.31. The fraction of sp³-hybridized carbons (Fsp3) is 0.684. The van der Waals surface area contributed by atoms with Gasteiger partial charge in [-0.05, 0) is 43.6 Å². The highest BCUT2D eigenvalue weighted by Gasteiger charge is 2.10. The first-order chi connectivity index (χ1) is 10.8. The topological polar surface area (TPSA) is 18.5 Å². The molecule has 1 fully saturated rings. The maximum absolute atomic E-state index is 3.41. The van der Waals surface area contributed by atoms with Crippen LogP contribution in [0.3, 0.4) is 0 Å². The second kappa shape index (κ2) is 9.86. The molecule has 3 nitrogen and oxygen atoms in total. The largest absolute Gasteiger partial charge is 0.372 e. The van der Waals surface area contributed by atoms with Gasteiger partial charge in [-0.3, -0.25) is 4.90 Å². The third-order valence-electron chi connectivity index (χ3n) is 4.62. The van der Waals surface area contributed by atoms with Gasteiger partial charge in [0, 0.05) is 38.4 Å². The molecule has 0 atom stereocenters. The molecule has 0 bridgehead atoms. The molecule has 1 N–H and O–H groups in total. The van der Waals surface area contributed by atoms with Gasteiger partial charge in [0.1, 0.15) is 0 Å². The molecule has 1 saturated heterocycles. The van der Waals surface area contributed by atoms with Crippen LogP contribution in [0.1, 0.15) is 45.1 Å². The molecule has 1 aliphatic heterocycles. The van der Waals surface area contributed by atoms with Gasteiger partial charge in [0.05, 0.1) is 0 Å². The van der Waals surface area contributed by atoms with Crippen LogP contribution in [0.4, 0.5) is 5.69 Å². The van der Waals surface area contributed by atoms with E-state index in [2.05, 4.69) is 53.2 Å².